The van der Waals surface area contributed by atoms with Gasteiger partial charge in [-0.1, -0.05) is 6.07 Å². The summed E-state index contributed by atoms with van der Waals surface area (Å²) in [4.78, 5) is 3.90. The molecule has 5 nitrogen and oxygen atoms in total. The van der Waals surface area contributed by atoms with Crippen LogP contribution in [0.3, 0.4) is 0 Å². The van der Waals surface area contributed by atoms with E-state index in [0.29, 0.717) is 10.8 Å². The Kier molecular flexibility index (Phi) is 4.27. The van der Waals surface area contributed by atoms with E-state index >= 15 is 0 Å². The molecule has 1 N–H and O–H groups in total. The summed E-state index contributed by atoms with van der Waals surface area (Å²) in [5.74, 6) is 0. The molecule has 0 aliphatic carbocycles. The van der Waals surface area contributed by atoms with Crippen LogP contribution in [0.2, 0.25) is 0 Å². The first-order chi connectivity index (χ1) is 11.3. The predicted molar refractivity (Wildman–Crippen MR) is 85.3 cm³/mol. The van der Waals surface area contributed by atoms with E-state index in [0.717, 1.165) is 29.0 Å². The minimum atomic E-state index is -4.45. The van der Waals surface area contributed by atoms with E-state index in [4.69, 9.17) is 0 Å². The van der Waals surface area contributed by atoms with E-state index in [-0.39, 0.29) is 12.1 Å². The monoisotopic (exact) mass is 353 g/mol. The third-order valence-electron chi connectivity index (χ3n) is 3.44. The Hall–Kier alpha value is -2.42. The molecule has 0 saturated carbocycles. The van der Waals surface area contributed by atoms with E-state index in [9.17, 15) is 13.2 Å². The molecule has 0 atom stereocenters. The van der Waals surface area contributed by atoms with Crippen LogP contribution in [-0.2, 0) is 12.7 Å². The summed E-state index contributed by atoms with van der Waals surface area (Å²) in [6.07, 6.45) is -3.10. The predicted octanol–water partition coefficient (Wildman–Crippen LogP) is 3.97. The van der Waals surface area contributed by atoms with Crippen molar-refractivity contribution in [3.63, 3.8) is 0 Å². The van der Waals surface area contributed by atoms with Gasteiger partial charge in [-0.15, -0.1) is 0 Å². The van der Waals surface area contributed by atoms with Crippen molar-refractivity contribution in [3.05, 3.63) is 53.1 Å². The van der Waals surface area contributed by atoms with Crippen LogP contribution in [-0.4, -0.2) is 19.1 Å². The lowest BCUT2D eigenvalue weighted by molar-refractivity contribution is -0.138. The summed E-state index contributed by atoms with van der Waals surface area (Å²) < 4.78 is 45.6. The van der Waals surface area contributed by atoms with Crippen LogP contribution in [0.4, 0.5) is 18.3 Å². The molecule has 2 aromatic heterocycles. The molecule has 3 aromatic rings. The maximum absolute atomic E-state index is 13.4. The highest BCUT2D eigenvalue weighted by atomic mass is 32.1. The van der Waals surface area contributed by atoms with Crippen molar-refractivity contribution in [1.29, 1.82) is 0 Å². The molecule has 0 saturated heterocycles. The molecular weight excluding hydrogens is 339 g/mol. The van der Waals surface area contributed by atoms with Crippen molar-refractivity contribution in [1.82, 2.24) is 19.1 Å². The number of halogens is 3. The Bertz CT molecular complexity index is 839. The molecule has 3 rings (SSSR count). The Balaban J connectivity index is 1.96. The summed E-state index contributed by atoms with van der Waals surface area (Å²) in [7, 11) is 0. The van der Waals surface area contributed by atoms with Crippen LogP contribution < -0.4 is 5.32 Å². The molecule has 0 spiro atoms. The number of aromatic nitrogens is 4. The van der Waals surface area contributed by atoms with Gasteiger partial charge in [0.25, 0.3) is 0 Å². The van der Waals surface area contributed by atoms with Gasteiger partial charge in [-0.25, -0.2) is 9.67 Å². The highest BCUT2D eigenvalue weighted by molar-refractivity contribution is 7.09. The van der Waals surface area contributed by atoms with Crippen LogP contribution in [0.1, 0.15) is 22.5 Å². The summed E-state index contributed by atoms with van der Waals surface area (Å²) in [6.45, 7) is 3.62. The fourth-order valence-corrected chi connectivity index (χ4v) is 2.85. The number of hydrogen-bond donors (Lipinski definition) is 1. The Morgan fingerprint density at radius 3 is 2.58 bits per heavy atom. The molecule has 0 bridgehead atoms. The molecule has 0 aliphatic rings. The third kappa shape index (κ3) is 3.40. The lowest BCUT2D eigenvalue weighted by Gasteiger charge is -2.15. The largest absolute Gasteiger partial charge is 0.416 e. The number of nitrogens with one attached hydrogen (secondary N) is 1. The number of hydrogen-bond acceptors (Lipinski definition) is 5. The Labute approximate surface area is 140 Å². The quantitative estimate of drug-likeness (QED) is 0.771. The van der Waals surface area contributed by atoms with Gasteiger partial charge in [0.05, 0.1) is 16.9 Å². The van der Waals surface area contributed by atoms with Gasteiger partial charge in [0.15, 0.2) is 0 Å². The van der Waals surface area contributed by atoms with Gasteiger partial charge in [-0.05, 0) is 37.6 Å². The zero-order valence-electron chi connectivity index (χ0n) is 12.9. The fraction of sp³-hybridized carbons (Fsp3) is 0.267. The van der Waals surface area contributed by atoms with Crippen molar-refractivity contribution >= 4 is 16.7 Å². The second kappa shape index (κ2) is 6.23. The normalized spacial score (nSPS) is 11.7. The summed E-state index contributed by atoms with van der Waals surface area (Å²) in [5, 5.41) is 7.57. The Morgan fingerprint density at radius 1 is 1.21 bits per heavy atom. The average Bonchev–Trinajstić information content (AvgIpc) is 3.13. The molecule has 2 heterocycles. The maximum Gasteiger partial charge on any atom is 0.416 e. The maximum atomic E-state index is 13.4. The van der Waals surface area contributed by atoms with Crippen molar-refractivity contribution in [2.45, 2.75) is 26.6 Å². The van der Waals surface area contributed by atoms with Crippen LogP contribution in [0.15, 0.2) is 30.6 Å². The molecule has 0 aliphatic heterocycles. The standard InChI is InChI=1S/C15H14F3N5S/c1-9-5-10(2)23(22-9)12-4-3-11(13(6-12)15(16,17)18)7-19-14-20-8-21-24-14/h3-6,8H,7H2,1-2H3,(H,19,20,21). The van der Waals surface area contributed by atoms with Gasteiger partial charge in [0, 0.05) is 23.8 Å². The van der Waals surface area contributed by atoms with Crippen LogP contribution in [0.25, 0.3) is 5.69 Å². The molecule has 0 unspecified atom stereocenters. The molecule has 0 radical (unpaired) electrons. The first kappa shape index (κ1) is 16.4. The topological polar surface area (TPSA) is 55.6 Å². The molecule has 0 fully saturated rings. The van der Waals surface area contributed by atoms with Crippen molar-refractivity contribution in [3.8, 4) is 5.69 Å². The zero-order valence-corrected chi connectivity index (χ0v) is 13.7. The summed E-state index contributed by atoms with van der Waals surface area (Å²) in [6, 6.07) is 6.03. The summed E-state index contributed by atoms with van der Waals surface area (Å²) in [5.41, 5.74) is 1.36. The van der Waals surface area contributed by atoms with Crippen LogP contribution >= 0.6 is 11.5 Å². The second-order valence-corrected chi connectivity index (χ2v) is 6.06. The highest BCUT2D eigenvalue weighted by Crippen LogP contribution is 2.34. The summed E-state index contributed by atoms with van der Waals surface area (Å²) >= 11 is 1.09. The molecule has 0 amide bonds. The van der Waals surface area contributed by atoms with Gasteiger partial charge >= 0.3 is 6.18 Å². The zero-order chi connectivity index (χ0) is 17.3. The third-order valence-corrected chi connectivity index (χ3v) is 4.07. The van der Waals surface area contributed by atoms with Gasteiger partial charge in [-0.2, -0.15) is 22.6 Å². The van der Waals surface area contributed by atoms with Gasteiger partial charge in [0.1, 0.15) is 6.33 Å². The van der Waals surface area contributed by atoms with Crippen molar-refractivity contribution in [2.24, 2.45) is 0 Å². The highest BCUT2D eigenvalue weighted by Gasteiger charge is 2.33. The number of anilines is 1. The minimum Gasteiger partial charge on any atom is -0.356 e. The van der Waals surface area contributed by atoms with Gasteiger partial charge in [-0.3, -0.25) is 0 Å². The molecule has 9 heteroatoms. The smallest absolute Gasteiger partial charge is 0.356 e. The SMILES string of the molecule is Cc1cc(C)n(-c2ccc(CNc3ncns3)c(C(F)(F)F)c2)n1. The number of aryl methyl sites for hydroxylation is 2. The number of rotatable bonds is 4. The van der Waals surface area contributed by atoms with Crippen molar-refractivity contribution < 1.29 is 13.2 Å². The number of nitrogens with zero attached hydrogens (tertiary/aromatic N) is 4. The molecular formula is C15H14F3N5S. The minimum absolute atomic E-state index is 0.0153. The van der Waals surface area contributed by atoms with Crippen LogP contribution in [0, 0.1) is 13.8 Å². The number of alkyl halides is 3. The van der Waals surface area contributed by atoms with E-state index in [1.165, 1.54) is 17.1 Å². The van der Waals surface area contributed by atoms with Gasteiger partial charge in [0.2, 0.25) is 5.13 Å². The lowest BCUT2D eigenvalue weighted by atomic mass is 10.1. The fourth-order valence-electron chi connectivity index (χ4n) is 2.43. The molecule has 24 heavy (non-hydrogen) atoms. The van der Waals surface area contributed by atoms with E-state index < -0.39 is 11.7 Å². The van der Waals surface area contributed by atoms with E-state index in [2.05, 4.69) is 19.8 Å². The second-order valence-electron chi connectivity index (χ2n) is 5.28. The average molecular weight is 353 g/mol. The number of benzene rings is 1. The lowest BCUT2D eigenvalue weighted by Crippen LogP contribution is -2.13. The first-order valence-electron chi connectivity index (χ1n) is 7.09. The van der Waals surface area contributed by atoms with Gasteiger partial charge < -0.3 is 5.32 Å². The molecule has 1 aromatic carbocycles. The van der Waals surface area contributed by atoms with Crippen molar-refractivity contribution in [2.75, 3.05) is 5.32 Å². The first-order valence-corrected chi connectivity index (χ1v) is 7.86. The molecule has 126 valence electrons. The van der Waals surface area contributed by atoms with E-state index in [1.807, 2.05) is 6.07 Å². The van der Waals surface area contributed by atoms with Crippen LogP contribution in [0.5, 0.6) is 0 Å². The Morgan fingerprint density at radius 2 is 2.00 bits per heavy atom. The van der Waals surface area contributed by atoms with E-state index in [1.54, 1.807) is 19.9 Å².